The molecule has 138 valence electrons. The summed E-state index contributed by atoms with van der Waals surface area (Å²) in [6.07, 6.45) is 3.39. The van der Waals surface area contributed by atoms with Crippen LogP contribution in [-0.2, 0) is 11.3 Å². The number of nitrogens with one attached hydrogen (secondary N) is 1. The van der Waals surface area contributed by atoms with Crippen LogP contribution in [0.15, 0.2) is 76.9 Å². The zero-order valence-corrected chi connectivity index (χ0v) is 16.2. The first-order valence-electron chi connectivity index (χ1n) is 8.81. The molecule has 0 aliphatic carbocycles. The van der Waals surface area contributed by atoms with E-state index in [1.54, 1.807) is 12.4 Å². The van der Waals surface area contributed by atoms with Crippen molar-refractivity contribution < 1.29 is 4.79 Å². The Morgan fingerprint density at radius 1 is 1.19 bits per heavy atom. The molecular weight excluding hydrogens is 356 g/mol. The van der Waals surface area contributed by atoms with Gasteiger partial charge in [-0.2, -0.15) is 10.2 Å². The second kappa shape index (κ2) is 9.19. The molecule has 3 aromatic rings. The minimum absolute atomic E-state index is 0.160. The van der Waals surface area contributed by atoms with Crippen molar-refractivity contribution in [3.8, 4) is 0 Å². The number of aromatic nitrogens is 2. The molecule has 1 amide bonds. The molecule has 1 aromatic heterocycles. The van der Waals surface area contributed by atoms with Gasteiger partial charge in [0, 0.05) is 22.7 Å². The maximum absolute atomic E-state index is 12.8. The third-order valence-electron chi connectivity index (χ3n) is 4.16. The number of hydrazone groups is 1. The molecule has 0 aliphatic rings. The first-order valence-corrected chi connectivity index (χ1v) is 9.69. The number of hydrogen-bond donors (Lipinski definition) is 1. The van der Waals surface area contributed by atoms with Gasteiger partial charge in [-0.05, 0) is 31.5 Å². The van der Waals surface area contributed by atoms with Crippen molar-refractivity contribution in [3.63, 3.8) is 0 Å². The number of hydrogen-bond acceptors (Lipinski definition) is 4. The molecule has 0 aliphatic heterocycles. The summed E-state index contributed by atoms with van der Waals surface area (Å²) >= 11 is 1.50. The highest BCUT2D eigenvalue weighted by Gasteiger charge is 2.21. The number of carbonyl (C=O) groups is 1. The van der Waals surface area contributed by atoms with Gasteiger partial charge in [0.15, 0.2) is 0 Å². The summed E-state index contributed by atoms with van der Waals surface area (Å²) in [7, 11) is 0. The zero-order valence-electron chi connectivity index (χ0n) is 15.4. The van der Waals surface area contributed by atoms with Gasteiger partial charge in [-0.1, -0.05) is 48.5 Å². The van der Waals surface area contributed by atoms with E-state index < -0.39 is 0 Å². The lowest BCUT2D eigenvalue weighted by molar-refractivity contribution is -0.120. The van der Waals surface area contributed by atoms with Crippen molar-refractivity contribution in [3.05, 3.63) is 83.7 Å². The fourth-order valence-corrected chi connectivity index (χ4v) is 3.71. The Balaban J connectivity index is 1.74. The molecule has 0 saturated heterocycles. The Morgan fingerprint density at radius 3 is 2.48 bits per heavy atom. The van der Waals surface area contributed by atoms with Gasteiger partial charge in [-0.25, -0.2) is 5.43 Å². The van der Waals surface area contributed by atoms with Crippen LogP contribution in [0.3, 0.4) is 0 Å². The predicted octanol–water partition coefficient (Wildman–Crippen LogP) is 4.20. The first kappa shape index (κ1) is 18.9. The van der Waals surface area contributed by atoms with Crippen LogP contribution in [0.4, 0.5) is 0 Å². The fourth-order valence-electron chi connectivity index (χ4n) is 2.67. The molecule has 1 unspecified atom stereocenters. The van der Waals surface area contributed by atoms with Crippen molar-refractivity contribution in [2.24, 2.45) is 5.10 Å². The molecule has 2 aromatic carbocycles. The predicted molar refractivity (Wildman–Crippen MR) is 110 cm³/mol. The molecule has 27 heavy (non-hydrogen) atoms. The third kappa shape index (κ3) is 4.86. The van der Waals surface area contributed by atoms with Gasteiger partial charge >= 0.3 is 0 Å². The van der Waals surface area contributed by atoms with E-state index in [0.717, 1.165) is 28.3 Å². The van der Waals surface area contributed by atoms with Gasteiger partial charge in [-0.3, -0.25) is 9.48 Å². The van der Waals surface area contributed by atoms with Gasteiger partial charge < -0.3 is 0 Å². The largest absolute Gasteiger partial charge is 0.271 e. The fraction of sp³-hybridized carbons (Fsp3) is 0.190. The minimum atomic E-state index is -0.384. The summed E-state index contributed by atoms with van der Waals surface area (Å²) < 4.78 is 1.89. The molecule has 0 spiro atoms. The van der Waals surface area contributed by atoms with Crippen molar-refractivity contribution in [2.45, 2.75) is 30.5 Å². The molecule has 0 bridgehead atoms. The van der Waals surface area contributed by atoms with Crippen LogP contribution in [-0.4, -0.2) is 21.9 Å². The number of thioether (sulfide) groups is 1. The van der Waals surface area contributed by atoms with Crippen LogP contribution in [0.1, 0.15) is 29.0 Å². The van der Waals surface area contributed by atoms with Crippen LogP contribution in [0.2, 0.25) is 0 Å². The SMILES string of the molecule is CCn1ncc(/C=N/NC(=O)C(Sc2ccccc2)c2ccccc2)c1C. The highest BCUT2D eigenvalue weighted by Crippen LogP contribution is 2.35. The summed E-state index contributed by atoms with van der Waals surface area (Å²) in [6, 6.07) is 19.6. The van der Waals surface area contributed by atoms with E-state index in [1.165, 1.54) is 11.8 Å². The van der Waals surface area contributed by atoms with Crippen LogP contribution in [0.25, 0.3) is 0 Å². The lowest BCUT2D eigenvalue weighted by Gasteiger charge is -2.15. The Bertz CT molecular complexity index is 906. The lowest BCUT2D eigenvalue weighted by atomic mass is 10.1. The Kier molecular flexibility index (Phi) is 6.44. The monoisotopic (exact) mass is 378 g/mol. The normalized spacial score (nSPS) is 12.2. The van der Waals surface area contributed by atoms with E-state index >= 15 is 0 Å². The maximum atomic E-state index is 12.8. The number of rotatable bonds is 7. The Hall–Kier alpha value is -2.86. The summed E-state index contributed by atoms with van der Waals surface area (Å²) in [5, 5.41) is 8.04. The van der Waals surface area contributed by atoms with E-state index in [9.17, 15) is 4.79 Å². The van der Waals surface area contributed by atoms with Crippen molar-refractivity contribution in [1.29, 1.82) is 0 Å². The average molecular weight is 379 g/mol. The van der Waals surface area contributed by atoms with Gasteiger partial charge in [0.25, 0.3) is 5.91 Å². The summed E-state index contributed by atoms with van der Waals surface area (Å²) in [5.74, 6) is -0.160. The number of aryl methyl sites for hydroxylation is 1. The summed E-state index contributed by atoms with van der Waals surface area (Å²) in [5.41, 5.74) is 5.53. The number of carbonyl (C=O) groups excluding carboxylic acids is 1. The van der Waals surface area contributed by atoms with Gasteiger partial charge in [0.1, 0.15) is 5.25 Å². The topological polar surface area (TPSA) is 59.3 Å². The molecule has 0 radical (unpaired) electrons. The molecule has 5 nitrogen and oxygen atoms in total. The number of amides is 1. The van der Waals surface area contributed by atoms with E-state index in [0.29, 0.717) is 0 Å². The van der Waals surface area contributed by atoms with Crippen molar-refractivity contribution >= 4 is 23.9 Å². The van der Waals surface area contributed by atoms with Crippen LogP contribution in [0, 0.1) is 6.92 Å². The van der Waals surface area contributed by atoms with E-state index in [4.69, 9.17) is 0 Å². The molecule has 0 saturated carbocycles. The van der Waals surface area contributed by atoms with Gasteiger partial charge in [0.05, 0.1) is 12.4 Å². The van der Waals surface area contributed by atoms with Crippen LogP contribution >= 0.6 is 11.8 Å². The van der Waals surface area contributed by atoms with Crippen molar-refractivity contribution in [1.82, 2.24) is 15.2 Å². The molecule has 1 heterocycles. The number of nitrogens with zero attached hydrogens (tertiary/aromatic N) is 3. The molecular formula is C21H22N4OS. The average Bonchev–Trinajstić information content (AvgIpc) is 3.07. The molecule has 0 fully saturated rings. The van der Waals surface area contributed by atoms with Crippen LogP contribution in [0.5, 0.6) is 0 Å². The second-order valence-corrected chi connectivity index (χ2v) is 7.14. The van der Waals surface area contributed by atoms with Crippen LogP contribution < -0.4 is 5.43 Å². The quantitative estimate of drug-likeness (QED) is 0.381. The third-order valence-corrected chi connectivity index (χ3v) is 5.42. The lowest BCUT2D eigenvalue weighted by Crippen LogP contribution is -2.23. The molecule has 1 N–H and O–H groups in total. The molecule has 6 heteroatoms. The van der Waals surface area contributed by atoms with Gasteiger partial charge in [-0.15, -0.1) is 11.8 Å². The van der Waals surface area contributed by atoms with E-state index in [1.807, 2.05) is 79.2 Å². The van der Waals surface area contributed by atoms with E-state index in [-0.39, 0.29) is 11.2 Å². The molecule has 3 rings (SSSR count). The highest BCUT2D eigenvalue weighted by molar-refractivity contribution is 8.00. The smallest absolute Gasteiger partial charge is 0.258 e. The standard InChI is InChI=1S/C21H22N4OS/c1-3-25-16(2)18(15-23-25)14-22-24-21(26)20(17-10-6-4-7-11-17)27-19-12-8-5-9-13-19/h4-15,20H,3H2,1-2H3,(H,24,26)/b22-14+. The first-order chi connectivity index (χ1) is 13.2. The highest BCUT2D eigenvalue weighted by atomic mass is 32.2. The van der Waals surface area contributed by atoms with Crippen molar-refractivity contribution in [2.75, 3.05) is 0 Å². The zero-order chi connectivity index (χ0) is 19.1. The second-order valence-electron chi connectivity index (χ2n) is 5.96. The summed E-state index contributed by atoms with van der Waals surface area (Å²) in [4.78, 5) is 13.9. The van der Waals surface area contributed by atoms with Gasteiger partial charge in [0.2, 0.25) is 0 Å². The minimum Gasteiger partial charge on any atom is -0.271 e. The Labute approximate surface area is 163 Å². The number of benzene rings is 2. The molecule has 1 atom stereocenters. The Morgan fingerprint density at radius 2 is 1.85 bits per heavy atom. The van der Waals surface area contributed by atoms with E-state index in [2.05, 4.69) is 15.6 Å². The maximum Gasteiger partial charge on any atom is 0.258 e. The summed E-state index contributed by atoms with van der Waals surface area (Å²) in [6.45, 7) is 4.82.